The first-order chi connectivity index (χ1) is 9.36. The van der Waals surface area contributed by atoms with Crippen molar-refractivity contribution in [3.05, 3.63) is 29.8 Å². The van der Waals surface area contributed by atoms with Crippen molar-refractivity contribution in [3.8, 4) is 0 Å². The zero-order chi connectivity index (χ0) is 14.8. The topological polar surface area (TPSA) is 49.8 Å². The molecule has 0 aliphatic carbocycles. The van der Waals surface area contributed by atoms with E-state index in [2.05, 4.69) is 0 Å². The van der Waals surface area contributed by atoms with Crippen molar-refractivity contribution in [2.75, 3.05) is 24.6 Å². The van der Waals surface area contributed by atoms with Gasteiger partial charge in [-0.3, -0.25) is 0 Å². The van der Waals surface area contributed by atoms with E-state index in [1.807, 2.05) is 0 Å². The summed E-state index contributed by atoms with van der Waals surface area (Å²) < 4.78 is 43.0. The minimum absolute atomic E-state index is 0. The Bertz CT molecular complexity index is 496. The second kappa shape index (κ2) is 7.67. The Morgan fingerprint density at radius 2 is 2.14 bits per heavy atom. The van der Waals surface area contributed by atoms with E-state index in [4.69, 9.17) is 9.84 Å². The third kappa shape index (κ3) is 5.32. The maximum atomic E-state index is 12.6. The van der Waals surface area contributed by atoms with Gasteiger partial charge in [-0.1, -0.05) is 6.07 Å². The number of nitrogens with zero attached hydrogens (tertiary/aromatic N) is 1. The van der Waals surface area contributed by atoms with Gasteiger partial charge in [0.25, 0.3) is 0 Å². The molecule has 1 unspecified atom stereocenters. The quantitative estimate of drug-likeness (QED) is 0.849. The summed E-state index contributed by atoms with van der Waals surface area (Å²) in [5.41, 5.74) is -0.217. The number of alkyl halides is 3. The van der Waals surface area contributed by atoms with Crippen LogP contribution in [0.15, 0.2) is 24.3 Å². The number of hydrogen-bond donors (Lipinski definition) is 1. The number of anilines is 1. The molecule has 1 aliphatic heterocycles. The van der Waals surface area contributed by atoms with Gasteiger partial charge in [-0.2, -0.15) is 13.2 Å². The normalized spacial score (nSPS) is 18.4. The molecule has 2 rings (SSSR count). The summed E-state index contributed by atoms with van der Waals surface area (Å²) >= 11 is 0. The van der Waals surface area contributed by atoms with Crippen LogP contribution in [0, 0.1) is 0 Å². The summed E-state index contributed by atoms with van der Waals surface area (Å²) in [5, 5.41) is 8.52. The Balaban J connectivity index is 0.00000220. The van der Waals surface area contributed by atoms with E-state index in [1.165, 1.54) is 6.07 Å². The third-order valence-electron chi connectivity index (χ3n) is 3.13. The molecule has 0 spiro atoms. The summed E-state index contributed by atoms with van der Waals surface area (Å²) in [4.78, 5) is 12.2. The van der Waals surface area contributed by atoms with Crippen LogP contribution in [0.5, 0.6) is 0 Å². The van der Waals surface area contributed by atoms with E-state index in [-0.39, 0.29) is 50.4 Å². The van der Waals surface area contributed by atoms with Gasteiger partial charge in [-0.15, -0.1) is 0 Å². The number of benzene rings is 1. The number of carboxylic acid groups (broad SMARTS) is 1. The van der Waals surface area contributed by atoms with Gasteiger partial charge in [0.05, 0.1) is 11.7 Å². The predicted octanol–water partition coefficient (Wildman–Crippen LogP) is 1.47. The minimum atomic E-state index is -4.37. The molecular weight excluding hydrogens is 315 g/mol. The average molecular weight is 331 g/mol. The van der Waals surface area contributed by atoms with Crippen molar-refractivity contribution < 1.29 is 27.8 Å². The molecule has 1 N–H and O–H groups in total. The zero-order valence-electron chi connectivity index (χ0n) is 10.6. The Hall–Kier alpha value is -0.500. The van der Waals surface area contributed by atoms with E-state index >= 15 is 0 Å². The van der Waals surface area contributed by atoms with E-state index in [0.717, 1.165) is 12.1 Å². The van der Waals surface area contributed by atoms with E-state index in [9.17, 15) is 18.0 Å². The van der Waals surface area contributed by atoms with Crippen LogP contribution in [-0.2, 0) is 15.7 Å². The van der Waals surface area contributed by atoms with Gasteiger partial charge in [0, 0.05) is 18.8 Å². The first-order valence-electron chi connectivity index (χ1n) is 6.12. The van der Waals surface area contributed by atoms with Gasteiger partial charge in [-0.05, 0) is 24.6 Å². The molecule has 0 radical (unpaired) electrons. The molecule has 0 aromatic heterocycles. The number of carboxylic acids is 1. The van der Waals surface area contributed by atoms with Gasteiger partial charge < -0.3 is 14.7 Å². The number of ether oxygens (including phenoxy) is 1. The van der Waals surface area contributed by atoms with Crippen molar-refractivity contribution in [2.45, 2.75) is 18.7 Å². The monoisotopic (exact) mass is 331 g/mol. The molecule has 1 heterocycles. The van der Waals surface area contributed by atoms with E-state index in [1.54, 1.807) is 11.0 Å². The molecule has 1 atom stereocenters. The van der Waals surface area contributed by atoms with Crippen LogP contribution in [0.25, 0.3) is 0 Å². The fourth-order valence-corrected chi connectivity index (χ4v) is 2.17. The molecule has 21 heavy (non-hydrogen) atoms. The summed E-state index contributed by atoms with van der Waals surface area (Å²) in [6.07, 6.45) is -4.03. The average Bonchev–Trinajstić information content (AvgIpc) is 2.84. The Kier molecular flexibility index (Phi) is 6.77. The van der Waals surface area contributed by atoms with Gasteiger partial charge in [0.15, 0.2) is 0 Å². The zero-order valence-corrected chi connectivity index (χ0v) is 10.6. The first-order valence-corrected chi connectivity index (χ1v) is 6.12. The summed E-state index contributed by atoms with van der Waals surface area (Å²) in [7, 11) is 0. The molecular formula is C13H16CaF3NO3. The number of hydrogen-bond acceptors (Lipinski definition) is 3. The number of rotatable bonds is 4. The maximum absolute atomic E-state index is 12.6. The SMILES string of the molecule is O=C(O)COC1CCN(c2cccc(C(F)(F)F)c2)C1.[CaH2]. The van der Waals surface area contributed by atoms with Crippen LogP contribution in [-0.4, -0.2) is 74.6 Å². The van der Waals surface area contributed by atoms with Crippen LogP contribution in [0.2, 0.25) is 0 Å². The van der Waals surface area contributed by atoms with Gasteiger partial charge >= 0.3 is 49.9 Å². The molecule has 0 bridgehead atoms. The van der Waals surface area contributed by atoms with Crippen molar-refractivity contribution in [2.24, 2.45) is 0 Å². The molecule has 0 saturated carbocycles. The molecule has 114 valence electrons. The van der Waals surface area contributed by atoms with E-state index in [0.29, 0.717) is 25.2 Å². The van der Waals surface area contributed by atoms with Crippen molar-refractivity contribution in [1.82, 2.24) is 0 Å². The summed E-state index contributed by atoms with van der Waals surface area (Å²) in [6.45, 7) is 0.557. The predicted molar refractivity (Wildman–Crippen MR) is 74.2 cm³/mol. The standard InChI is InChI=1S/C13H14F3NO3.Ca.2H/c14-13(15,16)9-2-1-3-10(6-9)17-5-4-11(7-17)20-8-12(18)19;;;/h1-3,6,11H,4-5,7-8H2,(H,18,19);;;. The molecule has 1 aromatic carbocycles. The molecule has 1 aromatic rings. The Morgan fingerprint density at radius 3 is 2.76 bits per heavy atom. The third-order valence-corrected chi connectivity index (χ3v) is 3.13. The molecule has 1 aliphatic rings. The summed E-state index contributed by atoms with van der Waals surface area (Å²) in [6, 6.07) is 5.09. The van der Waals surface area contributed by atoms with Crippen LogP contribution >= 0.6 is 0 Å². The molecule has 8 heteroatoms. The number of carbonyl (C=O) groups is 1. The number of halogens is 3. The van der Waals surface area contributed by atoms with Gasteiger partial charge in [0.1, 0.15) is 6.61 Å². The molecule has 4 nitrogen and oxygen atoms in total. The molecule has 0 amide bonds. The molecule has 1 fully saturated rings. The van der Waals surface area contributed by atoms with E-state index < -0.39 is 17.7 Å². The summed E-state index contributed by atoms with van der Waals surface area (Å²) in [5.74, 6) is -1.05. The Labute approximate surface area is 149 Å². The first kappa shape index (κ1) is 18.5. The van der Waals surface area contributed by atoms with Gasteiger partial charge in [0.2, 0.25) is 0 Å². The second-order valence-electron chi connectivity index (χ2n) is 4.61. The van der Waals surface area contributed by atoms with Crippen LogP contribution in [0.1, 0.15) is 12.0 Å². The van der Waals surface area contributed by atoms with Gasteiger partial charge in [-0.25, -0.2) is 4.79 Å². The van der Waals surface area contributed by atoms with Crippen molar-refractivity contribution in [1.29, 1.82) is 0 Å². The van der Waals surface area contributed by atoms with Crippen LogP contribution in [0.4, 0.5) is 18.9 Å². The van der Waals surface area contributed by atoms with Crippen molar-refractivity contribution in [3.63, 3.8) is 0 Å². The Morgan fingerprint density at radius 1 is 1.43 bits per heavy atom. The van der Waals surface area contributed by atoms with Crippen molar-refractivity contribution >= 4 is 49.4 Å². The van der Waals surface area contributed by atoms with Crippen LogP contribution < -0.4 is 4.90 Å². The number of aliphatic carboxylic acids is 1. The molecule has 1 saturated heterocycles. The fourth-order valence-electron chi connectivity index (χ4n) is 2.17. The van der Waals surface area contributed by atoms with Crippen LogP contribution in [0.3, 0.4) is 0 Å². The second-order valence-corrected chi connectivity index (χ2v) is 4.61. The fraction of sp³-hybridized carbons (Fsp3) is 0.462.